The van der Waals surface area contributed by atoms with Crippen molar-refractivity contribution in [2.24, 2.45) is 0 Å². The van der Waals surface area contributed by atoms with Crippen LogP contribution in [0.15, 0.2) is 0 Å². The van der Waals surface area contributed by atoms with E-state index >= 15 is 0 Å². The highest BCUT2D eigenvalue weighted by Crippen LogP contribution is 2.34. The quantitative estimate of drug-likeness (QED) is 0.612. The summed E-state index contributed by atoms with van der Waals surface area (Å²) in [6.45, 7) is 2.16. The molecule has 1 aromatic heterocycles. The first kappa shape index (κ1) is 8.11. The molecule has 0 spiro atoms. The fourth-order valence-electron chi connectivity index (χ4n) is 1.92. The van der Waals surface area contributed by atoms with Crippen LogP contribution in [0.25, 0.3) is 0 Å². The summed E-state index contributed by atoms with van der Waals surface area (Å²) in [5, 5.41) is 1.04. The number of thiophene rings is 1. The molecule has 0 amide bonds. The van der Waals surface area contributed by atoms with Crippen LogP contribution in [-0.4, -0.2) is 0 Å². The van der Waals surface area contributed by atoms with Crippen LogP contribution in [0.4, 0.5) is 5.00 Å². The molecule has 0 bridgehead atoms. The van der Waals surface area contributed by atoms with Crippen molar-refractivity contribution in [3.63, 3.8) is 0 Å². The van der Waals surface area contributed by atoms with Crippen molar-refractivity contribution >= 4 is 16.3 Å². The van der Waals surface area contributed by atoms with Gasteiger partial charge < -0.3 is 5.73 Å². The fourth-order valence-corrected chi connectivity index (χ4v) is 3.09. The Morgan fingerprint density at radius 3 is 2.75 bits per heavy atom. The van der Waals surface area contributed by atoms with Gasteiger partial charge in [0.15, 0.2) is 0 Å². The number of aryl methyl sites for hydroxylation is 1. The molecule has 1 nitrogen and oxygen atoms in total. The van der Waals surface area contributed by atoms with Crippen molar-refractivity contribution in [2.45, 2.75) is 39.0 Å². The van der Waals surface area contributed by atoms with Crippen LogP contribution < -0.4 is 5.73 Å². The van der Waals surface area contributed by atoms with Gasteiger partial charge in [0.05, 0.1) is 5.00 Å². The molecule has 0 saturated heterocycles. The van der Waals surface area contributed by atoms with Gasteiger partial charge in [0, 0.05) is 4.88 Å². The molecular formula is C10H15NS. The van der Waals surface area contributed by atoms with Crippen molar-refractivity contribution in [1.82, 2.24) is 0 Å². The van der Waals surface area contributed by atoms with E-state index < -0.39 is 0 Å². The van der Waals surface area contributed by atoms with Crippen LogP contribution in [0.2, 0.25) is 0 Å². The summed E-state index contributed by atoms with van der Waals surface area (Å²) >= 11 is 1.81. The third kappa shape index (κ3) is 1.24. The maximum absolute atomic E-state index is 5.89. The molecule has 0 radical (unpaired) electrons. The van der Waals surface area contributed by atoms with Crippen molar-refractivity contribution in [3.05, 3.63) is 16.0 Å². The van der Waals surface area contributed by atoms with Crippen LogP contribution >= 0.6 is 11.3 Å². The summed E-state index contributed by atoms with van der Waals surface area (Å²) in [6, 6.07) is 0. The van der Waals surface area contributed by atoms with E-state index in [0.29, 0.717) is 0 Å². The number of nitrogens with two attached hydrogens (primary N) is 1. The van der Waals surface area contributed by atoms with Gasteiger partial charge >= 0.3 is 0 Å². The second kappa shape index (κ2) is 3.09. The Balaban J connectivity index is 2.42. The Labute approximate surface area is 77.6 Å². The zero-order chi connectivity index (χ0) is 8.55. The van der Waals surface area contributed by atoms with Gasteiger partial charge in [0.2, 0.25) is 0 Å². The smallest absolute Gasteiger partial charge is 0.0891 e. The van der Waals surface area contributed by atoms with Crippen molar-refractivity contribution < 1.29 is 0 Å². The number of fused-ring (bicyclic) bond motifs is 1. The van der Waals surface area contributed by atoms with Gasteiger partial charge in [-0.15, -0.1) is 11.3 Å². The zero-order valence-electron chi connectivity index (χ0n) is 7.52. The topological polar surface area (TPSA) is 26.0 Å². The molecule has 12 heavy (non-hydrogen) atoms. The van der Waals surface area contributed by atoms with E-state index in [1.807, 2.05) is 11.3 Å². The molecule has 2 N–H and O–H groups in total. The van der Waals surface area contributed by atoms with Gasteiger partial charge in [-0.25, -0.2) is 0 Å². The Morgan fingerprint density at radius 2 is 1.92 bits per heavy atom. The standard InChI is InChI=1S/C10H15NS/c1-7-8-5-3-2-4-6-9(8)12-10(7)11/h2-6,11H2,1H3. The van der Waals surface area contributed by atoms with Gasteiger partial charge in [-0.3, -0.25) is 0 Å². The predicted molar refractivity (Wildman–Crippen MR) is 54.7 cm³/mol. The minimum absolute atomic E-state index is 1.04. The lowest BCUT2D eigenvalue weighted by Crippen LogP contribution is -1.88. The summed E-state index contributed by atoms with van der Waals surface area (Å²) in [5.74, 6) is 0. The van der Waals surface area contributed by atoms with E-state index in [1.54, 1.807) is 10.4 Å². The highest BCUT2D eigenvalue weighted by Gasteiger charge is 2.14. The maximum Gasteiger partial charge on any atom is 0.0891 e. The highest BCUT2D eigenvalue weighted by atomic mass is 32.1. The molecule has 1 aliphatic carbocycles. The number of hydrogen-bond donors (Lipinski definition) is 1. The van der Waals surface area contributed by atoms with Crippen LogP contribution in [0.5, 0.6) is 0 Å². The average Bonchev–Trinajstić information content (AvgIpc) is 2.30. The van der Waals surface area contributed by atoms with Gasteiger partial charge in [-0.2, -0.15) is 0 Å². The summed E-state index contributed by atoms with van der Waals surface area (Å²) in [5.41, 5.74) is 8.81. The molecule has 1 aromatic rings. The molecular weight excluding hydrogens is 166 g/mol. The molecule has 0 aliphatic heterocycles. The normalized spacial score (nSPS) is 17.1. The van der Waals surface area contributed by atoms with E-state index in [2.05, 4.69) is 6.92 Å². The van der Waals surface area contributed by atoms with Crippen molar-refractivity contribution in [3.8, 4) is 0 Å². The van der Waals surface area contributed by atoms with Crippen LogP contribution in [0.3, 0.4) is 0 Å². The zero-order valence-corrected chi connectivity index (χ0v) is 8.34. The lowest BCUT2D eigenvalue weighted by Gasteiger charge is -1.97. The van der Waals surface area contributed by atoms with E-state index in [1.165, 1.54) is 37.7 Å². The molecule has 0 atom stereocenters. The Morgan fingerprint density at radius 1 is 1.17 bits per heavy atom. The van der Waals surface area contributed by atoms with Crippen molar-refractivity contribution in [1.29, 1.82) is 0 Å². The number of hydrogen-bond acceptors (Lipinski definition) is 2. The molecule has 0 fully saturated rings. The van der Waals surface area contributed by atoms with E-state index in [9.17, 15) is 0 Å². The van der Waals surface area contributed by atoms with Crippen LogP contribution in [-0.2, 0) is 12.8 Å². The van der Waals surface area contributed by atoms with Crippen LogP contribution in [0.1, 0.15) is 35.3 Å². The molecule has 1 heterocycles. The Kier molecular flexibility index (Phi) is 2.09. The minimum Gasteiger partial charge on any atom is -0.390 e. The van der Waals surface area contributed by atoms with Crippen LogP contribution in [0, 0.1) is 6.92 Å². The first-order valence-electron chi connectivity index (χ1n) is 4.65. The third-order valence-corrected chi connectivity index (χ3v) is 3.95. The predicted octanol–water partition coefficient (Wildman–Crippen LogP) is 2.91. The van der Waals surface area contributed by atoms with Crippen molar-refractivity contribution in [2.75, 3.05) is 5.73 Å². The molecule has 0 saturated carbocycles. The highest BCUT2D eigenvalue weighted by molar-refractivity contribution is 7.16. The first-order valence-corrected chi connectivity index (χ1v) is 5.47. The largest absolute Gasteiger partial charge is 0.390 e. The monoisotopic (exact) mass is 181 g/mol. The van der Waals surface area contributed by atoms with Gasteiger partial charge in [-0.05, 0) is 43.7 Å². The molecule has 2 heteroatoms. The van der Waals surface area contributed by atoms with E-state index in [4.69, 9.17) is 5.73 Å². The Hall–Kier alpha value is -0.500. The number of nitrogen functional groups attached to an aromatic ring is 1. The average molecular weight is 181 g/mol. The SMILES string of the molecule is Cc1c(N)sc2c1CCCCC2. The lowest BCUT2D eigenvalue weighted by atomic mass is 10.1. The summed E-state index contributed by atoms with van der Waals surface area (Å²) in [4.78, 5) is 1.56. The maximum atomic E-state index is 5.89. The van der Waals surface area contributed by atoms with Gasteiger partial charge in [0.1, 0.15) is 0 Å². The minimum atomic E-state index is 1.04. The lowest BCUT2D eigenvalue weighted by molar-refractivity contribution is 0.712. The first-order chi connectivity index (χ1) is 5.79. The van der Waals surface area contributed by atoms with Gasteiger partial charge in [0.25, 0.3) is 0 Å². The molecule has 1 aliphatic rings. The second-order valence-corrected chi connectivity index (χ2v) is 4.69. The van der Waals surface area contributed by atoms with E-state index in [0.717, 1.165) is 5.00 Å². The molecule has 0 unspecified atom stereocenters. The number of anilines is 1. The molecule has 66 valence electrons. The molecule has 0 aromatic carbocycles. The summed E-state index contributed by atoms with van der Waals surface area (Å²) in [6.07, 6.45) is 6.62. The number of rotatable bonds is 0. The Bertz CT molecular complexity index is 288. The van der Waals surface area contributed by atoms with E-state index in [-0.39, 0.29) is 0 Å². The summed E-state index contributed by atoms with van der Waals surface area (Å²) < 4.78 is 0. The summed E-state index contributed by atoms with van der Waals surface area (Å²) in [7, 11) is 0. The van der Waals surface area contributed by atoms with Gasteiger partial charge in [-0.1, -0.05) is 6.42 Å². The third-order valence-electron chi connectivity index (χ3n) is 2.72. The molecule has 2 rings (SSSR count). The fraction of sp³-hybridized carbons (Fsp3) is 0.600. The second-order valence-electron chi connectivity index (χ2n) is 3.55.